The molecule has 2 unspecified atom stereocenters. The molecule has 0 saturated carbocycles. The Kier molecular flexibility index (Phi) is 4.35. The second-order valence-corrected chi connectivity index (χ2v) is 5.98. The molecule has 0 amide bonds. The summed E-state index contributed by atoms with van der Waals surface area (Å²) < 4.78 is 0. The van der Waals surface area contributed by atoms with E-state index in [0.29, 0.717) is 12.5 Å². The number of piperidine rings is 1. The molecule has 1 aromatic heterocycles. The summed E-state index contributed by atoms with van der Waals surface area (Å²) in [4.78, 5) is 17.9. The van der Waals surface area contributed by atoms with Gasteiger partial charge in [0.15, 0.2) is 0 Å². The normalized spacial score (nSPS) is 25.2. The topological polar surface area (TPSA) is 53.4 Å². The van der Waals surface area contributed by atoms with Crippen molar-refractivity contribution in [2.24, 2.45) is 5.92 Å². The molecule has 0 radical (unpaired) electrons. The molecule has 1 aromatic rings. The molecule has 2 heterocycles. The Morgan fingerprint density at radius 3 is 3.06 bits per heavy atom. The SMILES string of the molecule is CCc1nc(CN2CCC(C)CC2C(=O)O)cs1. The second-order valence-electron chi connectivity index (χ2n) is 5.04. The van der Waals surface area contributed by atoms with Gasteiger partial charge in [-0.25, -0.2) is 4.98 Å². The van der Waals surface area contributed by atoms with Crippen molar-refractivity contribution in [1.29, 1.82) is 0 Å². The van der Waals surface area contributed by atoms with Crippen LogP contribution in [0.4, 0.5) is 0 Å². The fourth-order valence-electron chi connectivity index (χ4n) is 2.43. The number of thiazole rings is 1. The summed E-state index contributed by atoms with van der Waals surface area (Å²) in [6.45, 7) is 5.74. The zero-order valence-corrected chi connectivity index (χ0v) is 11.7. The Morgan fingerprint density at radius 1 is 1.67 bits per heavy atom. The molecule has 1 saturated heterocycles. The quantitative estimate of drug-likeness (QED) is 0.911. The summed E-state index contributed by atoms with van der Waals surface area (Å²) in [6, 6.07) is -0.347. The molecule has 5 heteroatoms. The molecule has 0 bridgehead atoms. The van der Waals surface area contributed by atoms with Crippen LogP contribution in [0.25, 0.3) is 0 Å². The van der Waals surface area contributed by atoms with Gasteiger partial charge < -0.3 is 5.11 Å². The summed E-state index contributed by atoms with van der Waals surface area (Å²) in [5.41, 5.74) is 1.01. The monoisotopic (exact) mass is 268 g/mol. The number of aromatic nitrogens is 1. The number of carboxylic acids is 1. The zero-order valence-electron chi connectivity index (χ0n) is 10.9. The number of nitrogens with zero attached hydrogens (tertiary/aromatic N) is 2. The van der Waals surface area contributed by atoms with E-state index in [4.69, 9.17) is 0 Å². The van der Waals surface area contributed by atoms with Crippen LogP contribution in [0.5, 0.6) is 0 Å². The molecule has 18 heavy (non-hydrogen) atoms. The molecular formula is C13H20N2O2S. The number of aryl methyl sites for hydroxylation is 1. The fraction of sp³-hybridized carbons (Fsp3) is 0.692. The molecule has 1 aliphatic rings. The van der Waals surface area contributed by atoms with Crippen molar-refractivity contribution >= 4 is 17.3 Å². The van der Waals surface area contributed by atoms with Gasteiger partial charge >= 0.3 is 5.97 Å². The summed E-state index contributed by atoms with van der Waals surface area (Å²) >= 11 is 1.66. The third kappa shape index (κ3) is 3.09. The number of rotatable bonds is 4. The van der Waals surface area contributed by atoms with Crippen LogP contribution in [-0.4, -0.2) is 33.5 Å². The average Bonchev–Trinajstić information content (AvgIpc) is 2.79. The summed E-state index contributed by atoms with van der Waals surface area (Å²) in [5.74, 6) is -0.198. The van der Waals surface area contributed by atoms with Crippen LogP contribution in [0.15, 0.2) is 5.38 Å². The van der Waals surface area contributed by atoms with Gasteiger partial charge in [-0.15, -0.1) is 11.3 Å². The summed E-state index contributed by atoms with van der Waals surface area (Å²) in [6.07, 6.45) is 2.78. The number of carboxylic acid groups (broad SMARTS) is 1. The van der Waals surface area contributed by atoms with Gasteiger partial charge in [0.25, 0.3) is 0 Å². The molecule has 0 aliphatic carbocycles. The summed E-state index contributed by atoms with van der Waals surface area (Å²) in [5, 5.41) is 12.5. The van der Waals surface area contributed by atoms with E-state index in [1.54, 1.807) is 11.3 Å². The molecule has 1 aliphatic heterocycles. The van der Waals surface area contributed by atoms with E-state index in [1.807, 2.05) is 0 Å². The van der Waals surface area contributed by atoms with Gasteiger partial charge in [-0.05, 0) is 31.7 Å². The van der Waals surface area contributed by atoms with E-state index in [2.05, 4.69) is 29.1 Å². The lowest BCUT2D eigenvalue weighted by Gasteiger charge is -2.35. The minimum absolute atomic E-state index is 0.347. The highest BCUT2D eigenvalue weighted by molar-refractivity contribution is 7.09. The largest absolute Gasteiger partial charge is 0.480 e. The van der Waals surface area contributed by atoms with Crippen LogP contribution < -0.4 is 0 Å². The molecule has 1 N–H and O–H groups in total. The molecule has 2 atom stereocenters. The predicted octanol–water partition coefficient (Wildman–Crippen LogP) is 2.39. The van der Waals surface area contributed by atoms with E-state index < -0.39 is 5.97 Å². The maximum Gasteiger partial charge on any atom is 0.320 e. The van der Waals surface area contributed by atoms with E-state index in [9.17, 15) is 9.90 Å². The predicted molar refractivity (Wildman–Crippen MR) is 71.7 cm³/mol. The number of carbonyl (C=O) groups is 1. The van der Waals surface area contributed by atoms with Gasteiger partial charge in [0.05, 0.1) is 10.7 Å². The van der Waals surface area contributed by atoms with Crippen LogP contribution in [-0.2, 0) is 17.8 Å². The van der Waals surface area contributed by atoms with Crippen molar-refractivity contribution in [3.63, 3.8) is 0 Å². The molecule has 0 aromatic carbocycles. The molecule has 100 valence electrons. The van der Waals surface area contributed by atoms with Gasteiger partial charge in [0, 0.05) is 11.9 Å². The maximum absolute atomic E-state index is 11.3. The maximum atomic E-state index is 11.3. The standard InChI is InChI=1S/C13H20N2O2S/c1-3-12-14-10(8-18-12)7-15-5-4-9(2)6-11(15)13(16)17/h8-9,11H,3-7H2,1-2H3,(H,16,17). The highest BCUT2D eigenvalue weighted by Crippen LogP contribution is 2.24. The van der Waals surface area contributed by atoms with E-state index in [0.717, 1.165) is 36.5 Å². The van der Waals surface area contributed by atoms with Crippen molar-refractivity contribution in [3.05, 3.63) is 16.1 Å². The third-order valence-electron chi connectivity index (χ3n) is 3.53. The van der Waals surface area contributed by atoms with Gasteiger partial charge in [-0.3, -0.25) is 9.69 Å². The lowest BCUT2D eigenvalue weighted by Crippen LogP contribution is -2.46. The number of aliphatic carboxylic acids is 1. The van der Waals surface area contributed by atoms with Crippen molar-refractivity contribution in [3.8, 4) is 0 Å². The Morgan fingerprint density at radius 2 is 2.44 bits per heavy atom. The van der Waals surface area contributed by atoms with Gasteiger partial charge in [0.2, 0.25) is 0 Å². The first kappa shape index (κ1) is 13.5. The number of likely N-dealkylation sites (tertiary alicyclic amines) is 1. The lowest BCUT2D eigenvalue weighted by atomic mass is 9.92. The van der Waals surface area contributed by atoms with Crippen LogP contribution in [0, 0.1) is 5.92 Å². The average molecular weight is 268 g/mol. The van der Waals surface area contributed by atoms with Crippen molar-refractivity contribution < 1.29 is 9.90 Å². The van der Waals surface area contributed by atoms with Gasteiger partial charge in [-0.2, -0.15) is 0 Å². The molecular weight excluding hydrogens is 248 g/mol. The van der Waals surface area contributed by atoms with Crippen LogP contribution in [0.1, 0.15) is 37.4 Å². The van der Waals surface area contributed by atoms with Crippen molar-refractivity contribution in [2.75, 3.05) is 6.54 Å². The molecule has 0 spiro atoms. The summed E-state index contributed by atoms with van der Waals surface area (Å²) in [7, 11) is 0. The molecule has 4 nitrogen and oxygen atoms in total. The van der Waals surface area contributed by atoms with E-state index in [1.165, 1.54) is 0 Å². The Bertz CT molecular complexity index is 419. The fourth-order valence-corrected chi connectivity index (χ4v) is 3.16. The van der Waals surface area contributed by atoms with Gasteiger partial charge in [-0.1, -0.05) is 13.8 Å². The van der Waals surface area contributed by atoms with Crippen LogP contribution in [0.2, 0.25) is 0 Å². The minimum atomic E-state index is -0.701. The van der Waals surface area contributed by atoms with Crippen LogP contribution >= 0.6 is 11.3 Å². The zero-order chi connectivity index (χ0) is 13.1. The minimum Gasteiger partial charge on any atom is -0.480 e. The van der Waals surface area contributed by atoms with E-state index in [-0.39, 0.29) is 6.04 Å². The van der Waals surface area contributed by atoms with E-state index >= 15 is 0 Å². The first-order chi connectivity index (χ1) is 8.60. The number of hydrogen-bond acceptors (Lipinski definition) is 4. The highest BCUT2D eigenvalue weighted by atomic mass is 32.1. The smallest absolute Gasteiger partial charge is 0.320 e. The first-order valence-corrected chi connectivity index (χ1v) is 7.38. The van der Waals surface area contributed by atoms with Crippen LogP contribution in [0.3, 0.4) is 0 Å². The molecule has 1 fully saturated rings. The Hall–Kier alpha value is -0.940. The highest BCUT2D eigenvalue weighted by Gasteiger charge is 2.31. The number of hydrogen-bond donors (Lipinski definition) is 1. The van der Waals surface area contributed by atoms with Crippen molar-refractivity contribution in [1.82, 2.24) is 9.88 Å². The second kappa shape index (κ2) is 5.80. The van der Waals surface area contributed by atoms with Gasteiger partial charge in [0.1, 0.15) is 6.04 Å². The van der Waals surface area contributed by atoms with Crippen molar-refractivity contribution in [2.45, 2.75) is 45.7 Å². The molecule has 2 rings (SSSR count). The Labute approximate surface area is 112 Å². The Balaban J connectivity index is 2.04. The first-order valence-electron chi connectivity index (χ1n) is 6.50. The third-order valence-corrected chi connectivity index (χ3v) is 4.57. The lowest BCUT2D eigenvalue weighted by molar-refractivity contribution is -0.145.